The van der Waals surface area contributed by atoms with E-state index in [4.69, 9.17) is 28.5 Å². The molecule has 0 aliphatic carbocycles. The Bertz CT molecular complexity index is 525. The molecule has 1 N–H and O–H groups in total. The van der Waals surface area contributed by atoms with Crippen molar-refractivity contribution in [3.8, 4) is 6.07 Å². The summed E-state index contributed by atoms with van der Waals surface area (Å²) < 4.78 is 0. The molecule has 0 aromatic heterocycles. The lowest BCUT2D eigenvalue weighted by Gasteiger charge is -2.05. The second-order valence-electron chi connectivity index (χ2n) is 2.92. The van der Waals surface area contributed by atoms with E-state index in [2.05, 4.69) is 5.32 Å². The van der Waals surface area contributed by atoms with Crippen molar-refractivity contribution in [1.29, 1.82) is 5.26 Å². The average Bonchev–Trinajstić information content (AvgIpc) is 2.23. The minimum atomic E-state index is -0.704. The fourth-order valence-corrected chi connectivity index (χ4v) is 1.38. The van der Waals surface area contributed by atoms with Crippen LogP contribution in [0.25, 0.3) is 0 Å². The standard InChI is InChI=1S/C9H5Cl2N3O3/c10-5-3-7(13-9(15)1-2-12)8(14(16)17)4-6(5)11/h3-4H,1H2,(H,13,15). The van der Waals surface area contributed by atoms with E-state index >= 15 is 0 Å². The van der Waals surface area contributed by atoms with Crippen molar-refractivity contribution in [2.45, 2.75) is 6.42 Å². The predicted molar refractivity (Wildman–Crippen MR) is 62.0 cm³/mol. The molecule has 1 aromatic carbocycles. The number of hydrogen-bond acceptors (Lipinski definition) is 4. The van der Waals surface area contributed by atoms with Crippen LogP contribution in [0.4, 0.5) is 11.4 Å². The average molecular weight is 274 g/mol. The summed E-state index contributed by atoms with van der Waals surface area (Å²) >= 11 is 11.3. The second kappa shape index (κ2) is 5.48. The quantitative estimate of drug-likeness (QED) is 0.676. The molecule has 0 bridgehead atoms. The highest BCUT2D eigenvalue weighted by atomic mass is 35.5. The van der Waals surface area contributed by atoms with Gasteiger partial charge >= 0.3 is 0 Å². The Kier molecular flexibility index (Phi) is 4.26. The van der Waals surface area contributed by atoms with Gasteiger partial charge in [-0.05, 0) is 6.07 Å². The lowest BCUT2D eigenvalue weighted by Crippen LogP contribution is -2.11. The molecule has 0 aliphatic rings. The molecule has 1 rings (SSSR count). The number of nitro groups is 1. The Labute approximate surface area is 106 Å². The van der Waals surface area contributed by atoms with Gasteiger partial charge in [-0.15, -0.1) is 0 Å². The molecule has 1 aromatic rings. The van der Waals surface area contributed by atoms with Gasteiger partial charge in [0.15, 0.2) is 0 Å². The summed E-state index contributed by atoms with van der Waals surface area (Å²) in [5, 5.41) is 21.3. The SMILES string of the molecule is N#CCC(=O)Nc1cc(Cl)c(Cl)cc1[N+](=O)[O-]. The van der Waals surface area contributed by atoms with Gasteiger partial charge in [0.05, 0.1) is 21.0 Å². The Morgan fingerprint density at radius 2 is 2.06 bits per heavy atom. The predicted octanol–water partition coefficient (Wildman–Crippen LogP) is 2.75. The van der Waals surface area contributed by atoms with Gasteiger partial charge in [0.25, 0.3) is 5.69 Å². The molecular formula is C9H5Cl2N3O3. The number of hydrogen-bond donors (Lipinski definition) is 1. The van der Waals surface area contributed by atoms with Crippen LogP contribution in [0, 0.1) is 21.4 Å². The summed E-state index contributed by atoms with van der Waals surface area (Å²) in [5.41, 5.74) is -0.477. The second-order valence-corrected chi connectivity index (χ2v) is 3.74. The highest BCUT2D eigenvalue weighted by Gasteiger charge is 2.18. The maximum Gasteiger partial charge on any atom is 0.294 e. The first kappa shape index (κ1) is 13.2. The molecule has 0 aliphatic heterocycles. The van der Waals surface area contributed by atoms with E-state index in [-0.39, 0.29) is 21.4 Å². The monoisotopic (exact) mass is 273 g/mol. The van der Waals surface area contributed by atoms with Crippen molar-refractivity contribution in [1.82, 2.24) is 0 Å². The highest BCUT2D eigenvalue weighted by molar-refractivity contribution is 6.42. The number of rotatable bonds is 3. The lowest BCUT2D eigenvalue weighted by molar-refractivity contribution is -0.383. The molecule has 6 nitrogen and oxygen atoms in total. The van der Waals surface area contributed by atoms with Gasteiger partial charge in [0.2, 0.25) is 5.91 Å². The Morgan fingerprint density at radius 3 is 2.59 bits per heavy atom. The van der Waals surface area contributed by atoms with Crippen LogP contribution < -0.4 is 5.32 Å². The van der Waals surface area contributed by atoms with Gasteiger partial charge in [-0.25, -0.2) is 0 Å². The molecule has 88 valence electrons. The third-order valence-electron chi connectivity index (χ3n) is 1.75. The number of carbonyl (C=O) groups excluding carboxylic acids is 1. The van der Waals surface area contributed by atoms with E-state index in [1.54, 1.807) is 6.07 Å². The van der Waals surface area contributed by atoms with Crippen LogP contribution in [0.2, 0.25) is 10.0 Å². The number of amides is 1. The highest BCUT2D eigenvalue weighted by Crippen LogP contribution is 2.33. The number of nitro benzene ring substituents is 1. The number of halogens is 2. The number of nitrogens with zero attached hydrogens (tertiary/aromatic N) is 2. The molecule has 0 saturated heterocycles. The van der Waals surface area contributed by atoms with Crippen molar-refractivity contribution >= 4 is 40.5 Å². The van der Waals surface area contributed by atoms with E-state index in [0.29, 0.717) is 0 Å². The zero-order valence-corrected chi connectivity index (χ0v) is 9.75. The normalized spacial score (nSPS) is 9.47. The molecule has 0 heterocycles. The largest absolute Gasteiger partial charge is 0.319 e. The van der Waals surface area contributed by atoms with Gasteiger partial charge in [0, 0.05) is 6.07 Å². The van der Waals surface area contributed by atoms with Crippen LogP contribution in [0.15, 0.2) is 12.1 Å². The van der Waals surface area contributed by atoms with Gasteiger partial charge in [-0.1, -0.05) is 23.2 Å². The zero-order chi connectivity index (χ0) is 13.0. The van der Waals surface area contributed by atoms with Gasteiger partial charge in [0.1, 0.15) is 12.1 Å². The summed E-state index contributed by atoms with van der Waals surface area (Å²) in [5.74, 6) is -0.658. The number of anilines is 1. The van der Waals surface area contributed by atoms with Crippen LogP contribution in [-0.2, 0) is 4.79 Å². The van der Waals surface area contributed by atoms with E-state index in [1.807, 2.05) is 0 Å². The number of nitriles is 1. The topological polar surface area (TPSA) is 96.0 Å². The number of nitrogens with one attached hydrogen (secondary N) is 1. The van der Waals surface area contributed by atoms with Crippen molar-refractivity contribution < 1.29 is 9.72 Å². The Morgan fingerprint density at radius 1 is 1.47 bits per heavy atom. The molecule has 0 atom stereocenters. The summed E-state index contributed by atoms with van der Waals surface area (Å²) in [6.45, 7) is 0. The minimum absolute atomic E-state index is 0.0108. The summed E-state index contributed by atoms with van der Waals surface area (Å²) in [7, 11) is 0. The van der Waals surface area contributed by atoms with Crippen LogP contribution in [0.5, 0.6) is 0 Å². The van der Waals surface area contributed by atoms with Crippen LogP contribution in [0.3, 0.4) is 0 Å². The summed E-state index contributed by atoms with van der Waals surface area (Å²) in [6.07, 6.45) is -0.405. The zero-order valence-electron chi connectivity index (χ0n) is 8.24. The van der Waals surface area contributed by atoms with Gasteiger partial charge < -0.3 is 5.32 Å². The van der Waals surface area contributed by atoms with Crippen LogP contribution >= 0.6 is 23.2 Å². The molecule has 8 heteroatoms. The molecule has 0 saturated carbocycles. The molecule has 17 heavy (non-hydrogen) atoms. The van der Waals surface area contributed by atoms with E-state index in [1.165, 1.54) is 0 Å². The van der Waals surface area contributed by atoms with Crippen molar-refractivity contribution in [2.75, 3.05) is 5.32 Å². The molecule has 0 fully saturated rings. The molecule has 1 amide bonds. The van der Waals surface area contributed by atoms with Crippen molar-refractivity contribution in [3.05, 3.63) is 32.3 Å². The lowest BCUT2D eigenvalue weighted by atomic mass is 10.2. The molecular weight excluding hydrogens is 269 g/mol. The first-order chi connectivity index (χ1) is 7.95. The van der Waals surface area contributed by atoms with E-state index in [0.717, 1.165) is 12.1 Å². The molecule has 0 spiro atoms. The van der Waals surface area contributed by atoms with E-state index < -0.39 is 17.3 Å². The van der Waals surface area contributed by atoms with Crippen LogP contribution in [-0.4, -0.2) is 10.8 Å². The van der Waals surface area contributed by atoms with Crippen molar-refractivity contribution in [2.24, 2.45) is 0 Å². The fraction of sp³-hybridized carbons (Fsp3) is 0.111. The maximum absolute atomic E-state index is 11.2. The molecule has 0 unspecified atom stereocenters. The minimum Gasteiger partial charge on any atom is -0.319 e. The fourth-order valence-electron chi connectivity index (χ4n) is 1.05. The van der Waals surface area contributed by atoms with Gasteiger partial charge in [-0.3, -0.25) is 14.9 Å². The molecule has 0 radical (unpaired) electrons. The maximum atomic E-state index is 11.2. The third-order valence-corrected chi connectivity index (χ3v) is 2.47. The van der Waals surface area contributed by atoms with E-state index in [9.17, 15) is 14.9 Å². The van der Waals surface area contributed by atoms with Gasteiger partial charge in [-0.2, -0.15) is 5.26 Å². The first-order valence-electron chi connectivity index (χ1n) is 4.26. The number of carbonyl (C=O) groups is 1. The van der Waals surface area contributed by atoms with Crippen LogP contribution in [0.1, 0.15) is 6.42 Å². The third kappa shape index (κ3) is 3.31. The Hall–Kier alpha value is -1.84. The first-order valence-corrected chi connectivity index (χ1v) is 5.01. The van der Waals surface area contributed by atoms with Crippen molar-refractivity contribution in [3.63, 3.8) is 0 Å². The summed E-state index contributed by atoms with van der Waals surface area (Å²) in [4.78, 5) is 21.2. The Balaban J connectivity index is 3.14. The number of benzene rings is 1. The smallest absolute Gasteiger partial charge is 0.294 e. The summed E-state index contributed by atoms with van der Waals surface area (Å²) in [6, 6.07) is 3.82.